The van der Waals surface area contributed by atoms with Gasteiger partial charge < -0.3 is 0 Å². The summed E-state index contributed by atoms with van der Waals surface area (Å²) in [6.45, 7) is 1.59. The summed E-state index contributed by atoms with van der Waals surface area (Å²) >= 11 is 0. The maximum absolute atomic E-state index is 12.7. The van der Waals surface area contributed by atoms with E-state index < -0.39 is 5.83 Å². The molecule has 1 rings (SSSR count). The van der Waals surface area contributed by atoms with Gasteiger partial charge in [0.1, 0.15) is 6.07 Å². The highest BCUT2D eigenvalue weighted by molar-refractivity contribution is 5.67. The van der Waals surface area contributed by atoms with Crippen LogP contribution in [0.5, 0.6) is 0 Å². The molecule has 0 aromatic heterocycles. The molecule has 0 aliphatic rings. The molecule has 1 aromatic carbocycles. The predicted molar refractivity (Wildman–Crippen MR) is 45.8 cm³/mol. The summed E-state index contributed by atoms with van der Waals surface area (Å²) in [5.41, 5.74) is 1.13. The molecule has 12 heavy (non-hydrogen) atoms. The molecule has 0 spiro atoms. The second-order valence-electron chi connectivity index (χ2n) is 2.42. The summed E-state index contributed by atoms with van der Waals surface area (Å²) in [6, 6.07) is 10.5. The third kappa shape index (κ3) is 1.70. The summed E-state index contributed by atoms with van der Waals surface area (Å²) in [7, 11) is 0. The zero-order valence-corrected chi connectivity index (χ0v) is 6.71. The lowest BCUT2D eigenvalue weighted by atomic mass is 10.1. The van der Waals surface area contributed by atoms with Gasteiger partial charge >= 0.3 is 0 Å². The van der Waals surface area contributed by atoms with Crippen molar-refractivity contribution in [3.05, 3.63) is 41.7 Å². The summed E-state index contributed by atoms with van der Waals surface area (Å²) in [5, 5.41) is 8.28. The number of allylic oxidation sites excluding steroid dienone is 2. The van der Waals surface area contributed by atoms with Crippen LogP contribution in [0.15, 0.2) is 36.2 Å². The monoisotopic (exact) mass is 161 g/mol. The Kier molecular flexibility index (Phi) is 2.60. The first kappa shape index (κ1) is 8.48. The van der Waals surface area contributed by atoms with Gasteiger partial charge in [-0.2, -0.15) is 9.65 Å². The van der Waals surface area contributed by atoms with E-state index in [0.717, 1.165) is 5.56 Å². The summed E-state index contributed by atoms with van der Waals surface area (Å²) in [4.78, 5) is 0. The van der Waals surface area contributed by atoms with Crippen molar-refractivity contribution in [2.75, 3.05) is 0 Å². The SMILES string of the molecule is C/C(=C(/F)C#N)c1ccccc1. The molecule has 0 aliphatic carbocycles. The normalized spacial score (nSPS) is 11.8. The number of halogens is 1. The Bertz CT molecular complexity index is 333. The first-order valence-electron chi connectivity index (χ1n) is 3.57. The van der Waals surface area contributed by atoms with Crippen molar-refractivity contribution in [2.45, 2.75) is 6.92 Å². The van der Waals surface area contributed by atoms with E-state index in [4.69, 9.17) is 5.26 Å². The molecular formula is C10H8FN. The molecule has 0 fully saturated rings. The third-order valence-electron chi connectivity index (χ3n) is 1.63. The van der Waals surface area contributed by atoms with E-state index in [1.54, 1.807) is 19.1 Å². The van der Waals surface area contributed by atoms with Gasteiger partial charge in [-0.15, -0.1) is 0 Å². The molecule has 0 N–H and O–H groups in total. The lowest BCUT2D eigenvalue weighted by Gasteiger charge is -1.98. The minimum atomic E-state index is -0.721. The van der Waals surface area contributed by atoms with E-state index in [-0.39, 0.29) is 0 Å². The Morgan fingerprint density at radius 3 is 2.42 bits per heavy atom. The van der Waals surface area contributed by atoms with Gasteiger partial charge in [-0.05, 0) is 12.5 Å². The number of nitriles is 1. The second kappa shape index (κ2) is 3.68. The molecule has 0 amide bonds. The zero-order valence-electron chi connectivity index (χ0n) is 6.71. The van der Waals surface area contributed by atoms with E-state index in [0.29, 0.717) is 5.57 Å². The predicted octanol–water partition coefficient (Wildman–Crippen LogP) is 2.91. The van der Waals surface area contributed by atoms with Crippen molar-refractivity contribution < 1.29 is 4.39 Å². The lowest BCUT2D eigenvalue weighted by molar-refractivity contribution is 0.674. The second-order valence-corrected chi connectivity index (χ2v) is 2.42. The minimum Gasteiger partial charge on any atom is -0.194 e. The van der Waals surface area contributed by atoms with Crippen molar-refractivity contribution in [1.29, 1.82) is 5.26 Å². The van der Waals surface area contributed by atoms with Crippen LogP contribution in [0.2, 0.25) is 0 Å². The topological polar surface area (TPSA) is 23.8 Å². The van der Waals surface area contributed by atoms with E-state index in [1.807, 2.05) is 18.2 Å². The molecule has 60 valence electrons. The van der Waals surface area contributed by atoms with Crippen LogP contribution in [-0.2, 0) is 0 Å². The molecule has 0 saturated heterocycles. The van der Waals surface area contributed by atoms with Crippen molar-refractivity contribution in [3.8, 4) is 6.07 Å². The smallest absolute Gasteiger partial charge is 0.194 e. The zero-order chi connectivity index (χ0) is 8.97. The Morgan fingerprint density at radius 2 is 1.92 bits per heavy atom. The molecule has 1 aromatic rings. The molecule has 0 unspecified atom stereocenters. The van der Waals surface area contributed by atoms with Crippen LogP contribution >= 0.6 is 0 Å². The van der Waals surface area contributed by atoms with Gasteiger partial charge in [0.25, 0.3) is 0 Å². The van der Waals surface area contributed by atoms with Gasteiger partial charge in [-0.25, -0.2) is 0 Å². The van der Waals surface area contributed by atoms with Crippen LogP contribution in [0, 0.1) is 11.3 Å². The molecule has 0 heterocycles. The fourth-order valence-corrected chi connectivity index (χ4v) is 0.899. The minimum absolute atomic E-state index is 0.387. The summed E-state index contributed by atoms with van der Waals surface area (Å²) in [5.74, 6) is -0.721. The molecule has 0 radical (unpaired) electrons. The average molecular weight is 161 g/mol. The van der Waals surface area contributed by atoms with Gasteiger partial charge in [0.15, 0.2) is 0 Å². The number of nitrogens with zero attached hydrogens (tertiary/aromatic N) is 1. The van der Waals surface area contributed by atoms with Crippen LogP contribution in [0.25, 0.3) is 5.57 Å². The molecule has 0 bridgehead atoms. The third-order valence-corrected chi connectivity index (χ3v) is 1.63. The molecular weight excluding hydrogens is 153 g/mol. The summed E-state index contributed by atoms with van der Waals surface area (Å²) in [6.07, 6.45) is 0. The van der Waals surface area contributed by atoms with E-state index in [2.05, 4.69) is 0 Å². The van der Waals surface area contributed by atoms with Gasteiger partial charge in [-0.3, -0.25) is 0 Å². The van der Waals surface area contributed by atoms with E-state index in [9.17, 15) is 4.39 Å². The van der Waals surface area contributed by atoms with Crippen molar-refractivity contribution in [1.82, 2.24) is 0 Å². The van der Waals surface area contributed by atoms with Crippen molar-refractivity contribution in [3.63, 3.8) is 0 Å². The van der Waals surface area contributed by atoms with Gasteiger partial charge in [0, 0.05) is 5.57 Å². The average Bonchev–Trinajstić information content (AvgIpc) is 2.17. The highest BCUT2D eigenvalue weighted by Crippen LogP contribution is 2.17. The van der Waals surface area contributed by atoms with Gasteiger partial charge in [0.2, 0.25) is 5.83 Å². The number of hydrogen-bond acceptors (Lipinski definition) is 1. The van der Waals surface area contributed by atoms with Crippen LogP contribution in [0.4, 0.5) is 4.39 Å². The number of benzene rings is 1. The van der Waals surface area contributed by atoms with E-state index >= 15 is 0 Å². The standard InChI is InChI=1S/C10H8FN/c1-8(10(11)7-12)9-5-3-2-4-6-9/h2-6H,1H3/b10-8-. The molecule has 2 heteroatoms. The highest BCUT2D eigenvalue weighted by atomic mass is 19.1. The molecule has 1 nitrogen and oxygen atoms in total. The quantitative estimate of drug-likeness (QED) is 0.581. The Balaban J connectivity index is 3.11. The van der Waals surface area contributed by atoms with Crippen LogP contribution in [-0.4, -0.2) is 0 Å². The first-order valence-corrected chi connectivity index (χ1v) is 3.57. The molecule has 0 saturated carbocycles. The van der Waals surface area contributed by atoms with E-state index in [1.165, 1.54) is 6.07 Å². The molecule has 0 atom stereocenters. The maximum atomic E-state index is 12.7. The number of hydrogen-bond donors (Lipinski definition) is 0. The van der Waals surface area contributed by atoms with Gasteiger partial charge in [0.05, 0.1) is 0 Å². The van der Waals surface area contributed by atoms with Crippen LogP contribution in [0.3, 0.4) is 0 Å². The fourth-order valence-electron chi connectivity index (χ4n) is 0.899. The first-order chi connectivity index (χ1) is 5.75. The Hall–Kier alpha value is -1.62. The molecule has 0 aliphatic heterocycles. The fraction of sp³-hybridized carbons (Fsp3) is 0.100. The maximum Gasteiger partial charge on any atom is 0.203 e. The van der Waals surface area contributed by atoms with Crippen LogP contribution in [0.1, 0.15) is 12.5 Å². The lowest BCUT2D eigenvalue weighted by Crippen LogP contribution is -1.80. The largest absolute Gasteiger partial charge is 0.203 e. The number of rotatable bonds is 1. The Labute approximate surface area is 70.8 Å². The van der Waals surface area contributed by atoms with Crippen molar-refractivity contribution in [2.24, 2.45) is 0 Å². The van der Waals surface area contributed by atoms with Crippen LogP contribution < -0.4 is 0 Å². The summed E-state index contributed by atoms with van der Waals surface area (Å²) < 4.78 is 12.7. The van der Waals surface area contributed by atoms with Crippen molar-refractivity contribution >= 4 is 5.57 Å². The highest BCUT2D eigenvalue weighted by Gasteiger charge is 2.01. The van der Waals surface area contributed by atoms with Gasteiger partial charge in [-0.1, -0.05) is 30.3 Å². The Morgan fingerprint density at radius 1 is 1.33 bits per heavy atom.